The van der Waals surface area contributed by atoms with Crippen molar-refractivity contribution in [3.05, 3.63) is 119 Å². The topological polar surface area (TPSA) is 115 Å². The monoisotopic (exact) mass is 857 g/mol. The number of benzene rings is 4. The standard InChI is InChI=1S/C47H47N5O7S2/c1-47(61-60-4)14-9-15-57-34-18-30(26-58-43-22-37-35(20-41(43)55-2)45(53)51-32(24-48-37)16-28-10-5-7-12-38(28)51)49-31(19-34)27-59-44-23-40-36(21-42(44)56-3)46(54)52-33(25-50(40)47)17-29-11-6-8-13-39(29)52/h5-8,10-13,18-23,32-33,48H,9,14-17,24-27H2,1-4H3. The first-order chi connectivity index (χ1) is 29.7. The van der Waals surface area contributed by atoms with Gasteiger partial charge in [-0.1, -0.05) is 58.0 Å². The van der Waals surface area contributed by atoms with Crippen LogP contribution in [0.15, 0.2) is 84.9 Å². The van der Waals surface area contributed by atoms with Gasteiger partial charge in [0, 0.05) is 48.7 Å². The van der Waals surface area contributed by atoms with Crippen LogP contribution in [0.2, 0.25) is 0 Å². The number of hydrogen-bond donors (Lipinski definition) is 1. The molecule has 4 aromatic carbocycles. The quantitative estimate of drug-likeness (QED) is 0.158. The lowest BCUT2D eigenvalue weighted by molar-refractivity contribution is 0.0975. The van der Waals surface area contributed by atoms with Crippen molar-refractivity contribution in [1.29, 1.82) is 0 Å². The van der Waals surface area contributed by atoms with E-state index in [1.54, 1.807) is 41.9 Å². The van der Waals surface area contributed by atoms with Crippen LogP contribution < -0.4 is 43.7 Å². The van der Waals surface area contributed by atoms with Gasteiger partial charge in [-0.25, -0.2) is 0 Å². The van der Waals surface area contributed by atoms with Gasteiger partial charge >= 0.3 is 0 Å². The molecule has 4 bridgehead atoms. The van der Waals surface area contributed by atoms with E-state index in [1.165, 1.54) is 11.1 Å². The summed E-state index contributed by atoms with van der Waals surface area (Å²) in [5.74, 6) is 2.46. The summed E-state index contributed by atoms with van der Waals surface area (Å²) in [5, 5.41) is 3.51. The Morgan fingerprint density at radius 1 is 0.820 bits per heavy atom. The first-order valence-electron chi connectivity index (χ1n) is 20.6. The van der Waals surface area contributed by atoms with Gasteiger partial charge in [0.25, 0.3) is 11.8 Å². The molecule has 5 aliphatic rings. The van der Waals surface area contributed by atoms with Crippen LogP contribution in [0.5, 0.6) is 28.7 Å². The number of ether oxygens (including phenoxy) is 5. The summed E-state index contributed by atoms with van der Waals surface area (Å²) >= 11 is 0. The van der Waals surface area contributed by atoms with Gasteiger partial charge in [0.2, 0.25) is 0 Å². The number of fused-ring (bicyclic) bond motifs is 10. The van der Waals surface area contributed by atoms with Crippen LogP contribution in [0.3, 0.4) is 0 Å². The predicted molar refractivity (Wildman–Crippen MR) is 240 cm³/mol. The summed E-state index contributed by atoms with van der Waals surface area (Å²) in [5.41, 5.74) is 8.17. The molecule has 1 N–H and O–H groups in total. The lowest BCUT2D eigenvalue weighted by Gasteiger charge is -2.43. The van der Waals surface area contributed by atoms with Gasteiger partial charge in [-0.3, -0.25) is 14.6 Å². The maximum atomic E-state index is 14.6. The molecule has 0 aliphatic carbocycles. The highest BCUT2D eigenvalue weighted by atomic mass is 33.1. The average Bonchev–Trinajstić information content (AvgIpc) is 3.77. The van der Waals surface area contributed by atoms with Crippen molar-refractivity contribution in [2.24, 2.45) is 0 Å². The van der Waals surface area contributed by atoms with Crippen molar-refractivity contribution in [3.63, 3.8) is 0 Å². The van der Waals surface area contributed by atoms with Crippen LogP contribution in [0.4, 0.5) is 22.7 Å². The number of para-hydroxylation sites is 2. The van der Waals surface area contributed by atoms with Gasteiger partial charge in [0.05, 0.1) is 71.7 Å². The van der Waals surface area contributed by atoms with Crippen LogP contribution >= 0.6 is 21.6 Å². The molecule has 10 rings (SSSR count). The van der Waals surface area contributed by atoms with Crippen molar-refractivity contribution in [1.82, 2.24) is 4.98 Å². The molecule has 1 aromatic heterocycles. The summed E-state index contributed by atoms with van der Waals surface area (Å²) < 4.78 is 31.2. The second kappa shape index (κ2) is 15.9. The van der Waals surface area contributed by atoms with E-state index in [-0.39, 0.29) is 37.1 Å². The fourth-order valence-electron chi connectivity index (χ4n) is 9.54. The lowest BCUT2D eigenvalue weighted by atomic mass is 10.0. The minimum atomic E-state index is -0.395. The number of amides is 2. The van der Waals surface area contributed by atoms with E-state index in [4.69, 9.17) is 28.7 Å². The molecule has 5 aliphatic heterocycles. The Morgan fingerprint density at radius 2 is 1.52 bits per heavy atom. The zero-order valence-electron chi connectivity index (χ0n) is 34.6. The van der Waals surface area contributed by atoms with Gasteiger partial charge < -0.3 is 43.7 Å². The number of hydrogen-bond acceptors (Lipinski definition) is 12. The molecule has 61 heavy (non-hydrogen) atoms. The molecule has 12 nitrogen and oxygen atoms in total. The second-order valence-electron chi connectivity index (χ2n) is 16.1. The van der Waals surface area contributed by atoms with E-state index < -0.39 is 4.87 Å². The van der Waals surface area contributed by atoms with Gasteiger partial charge in [0.15, 0.2) is 23.0 Å². The van der Waals surface area contributed by atoms with Crippen molar-refractivity contribution in [2.75, 3.05) is 60.2 Å². The first kappa shape index (κ1) is 39.4. The number of carbonyl (C=O) groups is 2. The number of pyridine rings is 1. The van der Waals surface area contributed by atoms with Gasteiger partial charge in [-0.2, -0.15) is 0 Å². The molecule has 6 heterocycles. The van der Waals surface area contributed by atoms with Gasteiger partial charge in [-0.05, 0) is 74.3 Å². The Bertz CT molecular complexity index is 2560. The molecule has 0 saturated carbocycles. The highest BCUT2D eigenvalue weighted by molar-refractivity contribution is 8.77. The number of methoxy groups -OCH3 is 2. The second-order valence-corrected chi connectivity index (χ2v) is 19.0. The van der Waals surface area contributed by atoms with Crippen molar-refractivity contribution >= 4 is 56.2 Å². The van der Waals surface area contributed by atoms with Gasteiger partial charge in [-0.15, -0.1) is 0 Å². The van der Waals surface area contributed by atoms with E-state index in [2.05, 4.69) is 35.5 Å². The van der Waals surface area contributed by atoms with Crippen LogP contribution in [0, 0.1) is 0 Å². The van der Waals surface area contributed by atoms with Crippen LogP contribution in [-0.4, -0.2) is 73.9 Å². The van der Waals surface area contributed by atoms with Crippen LogP contribution in [0.1, 0.15) is 63.0 Å². The minimum Gasteiger partial charge on any atom is -0.493 e. The van der Waals surface area contributed by atoms with Gasteiger partial charge in [0.1, 0.15) is 19.0 Å². The third-order valence-corrected chi connectivity index (χ3v) is 14.9. The third kappa shape index (κ3) is 7.03. The van der Waals surface area contributed by atoms with Crippen molar-refractivity contribution in [2.45, 2.75) is 62.8 Å². The molecule has 0 spiro atoms. The molecular weight excluding hydrogens is 811 g/mol. The van der Waals surface area contributed by atoms with E-state index in [1.807, 2.05) is 76.5 Å². The summed E-state index contributed by atoms with van der Waals surface area (Å²) in [6, 6.07) is 27.5. The zero-order chi connectivity index (χ0) is 41.8. The summed E-state index contributed by atoms with van der Waals surface area (Å²) in [4.78, 5) is 39.5. The highest BCUT2D eigenvalue weighted by Crippen LogP contribution is 2.50. The summed E-state index contributed by atoms with van der Waals surface area (Å²) in [7, 11) is 6.70. The third-order valence-electron chi connectivity index (χ3n) is 12.4. The fraction of sp³-hybridized carbons (Fsp3) is 0.340. The zero-order valence-corrected chi connectivity index (χ0v) is 36.2. The minimum absolute atomic E-state index is 0.00959. The van der Waals surface area contributed by atoms with E-state index >= 15 is 0 Å². The molecule has 3 atom stereocenters. The largest absolute Gasteiger partial charge is 0.493 e. The first-order valence-corrected chi connectivity index (χ1v) is 23.2. The van der Waals surface area contributed by atoms with Crippen molar-refractivity contribution in [3.8, 4) is 28.7 Å². The lowest BCUT2D eigenvalue weighted by Crippen LogP contribution is -2.50. The number of aromatic nitrogens is 1. The maximum Gasteiger partial charge on any atom is 0.260 e. The number of carbonyl (C=O) groups excluding carboxylic acids is 2. The molecular formula is C47H47N5O7S2. The number of nitrogens with zero attached hydrogens (tertiary/aromatic N) is 4. The number of nitrogens with one attached hydrogen (secondary N) is 1. The molecule has 0 saturated heterocycles. The molecule has 314 valence electrons. The molecule has 0 radical (unpaired) electrons. The molecule has 0 fully saturated rings. The van der Waals surface area contributed by atoms with E-state index in [0.29, 0.717) is 76.6 Å². The fourth-order valence-corrected chi connectivity index (χ4v) is 12.0. The summed E-state index contributed by atoms with van der Waals surface area (Å²) in [6.07, 6.45) is 5.24. The number of rotatable bonds is 7. The highest BCUT2D eigenvalue weighted by Gasteiger charge is 2.45. The van der Waals surface area contributed by atoms with E-state index in [0.717, 1.165) is 42.7 Å². The Morgan fingerprint density at radius 3 is 2.28 bits per heavy atom. The Labute approximate surface area is 363 Å². The smallest absolute Gasteiger partial charge is 0.260 e. The van der Waals surface area contributed by atoms with Crippen molar-refractivity contribution < 1.29 is 33.3 Å². The normalized spacial score (nSPS) is 21.2. The Kier molecular flexibility index (Phi) is 10.3. The molecule has 2 amide bonds. The molecule has 14 heteroatoms. The summed E-state index contributed by atoms with van der Waals surface area (Å²) in [6.45, 7) is 4.23. The Hall–Kier alpha value is -5.73. The van der Waals surface area contributed by atoms with Crippen LogP contribution in [0.25, 0.3) is 0 Å². The van der Waals surface area contributed by atoms with E-state index in [9.17, 15) is 9.59 Å². The van der Waals surface area contributed by atoms with Crippen LogP contribution in [-0.2, 0) is 26.1 Å². The molecule has 5 aromatic rings. The number of anilines is 4. The predicted octanol–water partition coefficient (Wildman–Crippen LogP) is 8.55. The SMILES string of the molecule is COc1cc2c(cc1OCc1cc3cc(n1)COc1cc4c(cc1OC)C(=O)N1c5ccccc5CC1CN4C(C)(SSC)CCCO3)NCC1Cc3ccccc3N1C2=O. The maximum absolute atomic E-state index is 14.6. The Balaban J connectivity index is 0.951. The average molecular weight is 858 g/mol. The molecule has 3 unspecified atom stereocenters.